The molecule has 0 fully saturated rings. The van der Waals surface area contributed by atoms with Crippen molar-refractivity contribution in [3.05, 3.63) is 23.2 Å². The molecule has 0 spiro atoms. The van der Waals surface area contributed by atoms with Crippen LogP contribution in [0.2, 0.25) is 0 Å². The molecule has 26 heavy (non-hydrogen) atoms. The van der Waals surface area contributed by atoms with Gasteiger partial charge < -0.3 is 19.5 Å². The first-order valence-corrected chi connectivity index (χ1v) is 8.80. The SMILES string of the molecule is COC(=O)c1sc2c(cnc3cc(OC)c(OC)cc32)c1NC(=O)CCl. The molecule has 0 saturated carbocycles. The van der Waals surface area contributed by atoms with Crippen molar-refractivity contribution in [1.82, 2.24) is 4.98 Å². The molecule has 0 saturated heterocycles. The summed E-state index contributed by atoms with van der Waals surface area (Å²) < 4.78 is 16.3. The lowest BCUT2D eigenvalue weighted by Crippen LogP contribution is -2.14. The molecule has 9 heteroatoms. The van der Waals surface area contributed by atoms with Gasteiger partial charge in [0, 0.05) is 27.7 Å². The molecule has 1 amide bonds. The van der Waals surface area contributed by atoms with E-state index in [2.05, 4.69) is 10.3 Å². The summed E-state index contributed by atoms with van der Waals surface area (Å²) in [6.45, 7) is 0. The molecule has 0 unspecified atom stereocenters. The second kappa shape index (κ2) is 7.35. The van der Waals surface area contributed by atoms with Crippen LogP contribution in [0.1, 0.15) is 9.67 Å². The molecule has 0 aliphatic heterocycles. The Labute approximate surface area is 157 Å². The van der Waals surface area contributed by atoms with Gasteiger partial charge in [-0.2, -0.15) is 0 Å². The van der Waals surface area contributed by atoms with Gasteiger partial charge in [0.1, 0.15) is 10.8 Å². The number of esters is 1. The number of amides is 1. The van der Waals surface area contributed by atoms with E-state index >= 15 is 0 Å². The van der Waals surface area contributed by atoms with Gasteiger partial charge in [0.15, 0.2) is 11.5 Å². The Morgan fingerprint density at radius 2 is 1.85 bits per heavy atom. The minimum atomic E-state index is -0.551. The highest BCUT2D eigenvalue weighted by molar-refractivity contribution is 7.22. The number of ether oxygens (including phenoxy) is 3. The molecule has 2 aromatic heterocycles. The van der Waals surface area contributed by atoms with Gasteiger partial charge >= 0.3 is 5.97 Å². The number of pyridine rings is 1. The number of hydrogen-bond donors (Lipinski definition) is 1. The predicted octanol–water partition coefficient (Wildman–Crippen LogP) is 3.43. The van der Waals surface area contributed by atoms with Crippen LogP contribution in [0.15, 0.2) is 18.3 Å². The molecule has 0 atom stereocenters. The molecule has 3 aromatic rings. The number of thiophene rings is 1. The van der Waals surface area contributed by atoms with Crippen LogP contribution < -0.4 is 14.8 Å². The Kier molecular flexibility index (Phi) is 5.15. The molecule has 2 heterocycles. The van der Waals surface area contributed by atoms with Crippen LogP contribution in [-0.4, -0.2) is 44.1 Å². The molecule has 7 nitrogen and oxygen atoms in total. The van der Waals surface area contributed by atoms with E-state index in [1.807, 2.05) is 0 Å². The molecule has 136 valence electrons. The van der Waals surface area contributed by atoms with Gasteiger partial charge in [0.2, 0.25) is 5.91 Å². The Balaban J connectivity index is 2.33. The predicted molar refractivity (Wildman–Crippen MR) is 101 cm³/mol. The zero-order chi connectivity index (χ0) is 18.8. The summed E-state index contributed by atoms with van der Waals surface area (Å²) in [5, 5.41) is 4.04. The summed E-state index contributed by atoms with van der Waals surface area (Å²) in [4.78, 5) is 28.6. The van der Waals surface area contributed by atoms with E-state index < -0.39 is 11.9 Å². The topological polar surface area (TPSA) is 86.8 Å². The summed E-state index contributed by atoms with van der Waals surface area (Å²) in [7, 11) is 4.37. The van der Waals surface area contributed by atoms with Gasteiger partial charge in [0.25, 0.3) is 0 Å². The molecular weight excluding hydrogens is 380 g/mol. The molecule has 0 radical (unpaired) electrons. The molecule has 0 aliphatic rings. The van der Waals surface area contributed by atoms with Crippen molar-refractivity contribution in [1.29, 1.82) is 0 Å². The fourth-order valence-corrected chi connectivity index (χ4v) is 3.83. The van der Waals surface area contributed by atoms with Gasteiger partial charge in [0.05, 0.1) is 32.5 Å². The largest absolute Gasteiger partial charge is 0.493 e. The van der Waals surface area contributed by atoms with Crippen molar-refractivity contribution in [3.8, 4) is 11.5 Å². The van der Waals surface area contributed by atoms with Crippen LogP contribution >= 0.6 is 22.9 Å². The first-order valence-electron chi connectivity index (χ1n) is 7.45. The second-order valence-electron chi connectivity index (χ2n) is 5.20. The Morgan fingerprint density at radius 1 is 1.15 bits per heavy atom. The van der Waals surface area contributed by atoms with Crippen molar-refractivity contribution in [2.75, 3.05) is 32.5 Å². The van der Waals surface area contributed by atoms with Gasteiger partial charge in [-0.25, -0.2) is 4.79 Å². The number of methoxy groups -OCH3 is 3. The number of rotatable bonds is 5. The lowest BCUT2D eigenvalue weighted by molar-refractivity contribution is -0.113. The van der Waals surface area contributed by atoms with Crippen LogP contribution in [0.25, 0.3) is 21.0 Å². The number of nitrogens with zero attached hydrogens (tertiary/aromatic N) is 1. The number of aromatic nitrogens is 1. The highest BCUT2D eigenvalue weighted by Gasteiger charge is 2.23. The summed E-state index contributed by atoms with van der Waals surface area (Å²) in [5.41, 5.74) is 1.01. The van der Waals surface area contributed by atoms with Crippen LogP contribution in [-0.2, 0) is 9.53 Å². The lowest BCUT2D eigenvalue weighted by Gasteiger charge is -2.09. The van der Waals surface area contributed by atoms with Gasteiger partial charge in [-0.05, 0) is 6.07 Å². The van der Waals surface area contributed by atoms with E-state index in [0.717, 1.165) is 10.1 Å². The van der Waals surface area contributed by atoms with Crippen LogP contribution in [0, 0.1) is 0 Å². The fraction of sp³-hybridized carbons (Fsp3) is 0.235. The van der Waals surface area contributed by atoms with E-state index in [4.69, 9.17) is 25.8 Å². The van der Waals surface area contributed by atoms with Gasteiger partial charge in [-0.1, -0.05) is 0 Å². The van der Waals surface area contributed by atoms with E-state index in [1.165, 1.54) is 25.6 Å². The van der Waals surface area contributed by atoms with E-state index in [9.17, 15) is 9.59 Å². The lowest BCUT2D eigenvalue weighted by atomic mass is 10.1. The van der Waals surface area contributed by atoms with E-state index in [1.54, 1.807) is 25.4 Å². The summed E-state index contributed by atoms with van der Waals surface area (Å²) in [5.74, 6) is -0.126. The van der Waals surface area contributed by atoms with Crippen LogP contribution in [0.3, 0.4) is 0 Å². The molecule has 1 N–H and O–H groups in total. The van der Waals surface area contributed by atoms with Crippen LogP contribution in [0.5, 0.6) is 11.5 Å². The normalized spacial score (nSPS) is 10.8. The number of fused-ring (bicyclic) bond motifs is 3. The van der Waals surface area contributed by atoms with E-state index in [-0.39, 0.29) is 10.8 Å². The summed E-state index contributed by atoms with van der Waals surface area (Å²) in [6.07, 6.45) is 1.59. The second-order valence-corrected chi connectivity index (χ2v) is 6.49. The average molecular weight is 395 g/mol. The number of halogens is 1. The molecule has 3 rings (SSSR count). The molecule has 0 bridgehead atoms. The van der Waals surface area contributed by atoms with Gasteiger partial charge in [-0.15, -0.1) is 22.9 Å². The third kappa shape index (κ3) is 3.02. The molecule has 0 aliphatic carbocycles. The number of carbonyl (C=O) groups excluding carboxylic acids is 2. The maximum atomic E-state index is 12.2. The van der Waals surface area contributed by atoms with Crippen LogP contribution in [0.4, 0.5) is 5.69 Å². The number of hydrogen-bond acceptors (Lipinski definition) is 7. The molecular formula is C17H15ClN2O5S. The number of anilines is 1. The highest BCUT2D eigenvalue weighted by atomic mass is 35.5. The summed E-state index contributed by atoms with van der Waals surface area (Å²) >= 11 is 6.79. The third-order valence-corrected chi connectivity index (χ3v) is 5.24. The maximum Gasteiger partial charge on any atom is 0.350 e. The van der Waals surface area contributed by atoms with Crippen molar-refractivity contribution < 1.29 is 23.8 Å². The quantitative estimate of drug-likeness (QED) is 0.527. The monoisotopic (exact) mass is 394 g/mol. The van der Waals surface area contributed by atoms with Crippen molar-refractivity contribution in [2.45, 2.75) is 0 Å². The minimum Gasteiger partial charge on any atom is -0.493 e. The number of nitrogens with one attached hydrogen (secondary N) is 1. The summed E-state index contributed by atoms with van der Waals surface area (Å²) in [6, 6.07) is 3.54. The Hall–Kier alpha value is -2.58. The zero-order valence-electron chi connectivity index (χ0n) is 14.2. The number of carbonyl (C=O) groups is 2. The van der Waals surface area contributed by atoms with Crippen molar-refractivity contribution in [2.24, 2.45) is 0 Å². The fourth-order valence-electron chi connectivity index (χ4n) is 2.59. The number of alkyl halides is 1. The highest BCUT2D eigenvalue weighted by Crippen LogP contribution is 2.42. The minimum absolute atomic E-state index is 0.232. The Bertz CT molecular complexity index is 1020. The Morgan fingerprint density at radius 3 is 2.46 bits per heavy atom. The smallest absolute Gasteiger partial charge is 0.350 e. The third-order valence-electron chi connectivity index (χ3n) is 3.78. The van der Waals surface area contributed by atoms with Crippen molar-refractivity contribution >= 4 is 61.5 Å². The standard InChI is InChI=1S/C17H15ClN2O5S/c1-23-11-4-8-10(5-12(11)24-2)19-7-9-14(20-13(21)6-18)16(17(22)25-3)26-15(8)9/h4-5,7H,6H2,1-3H3,(H,20,21). The zero-order valence-corrected chi connectivity index (χ0v) is 15.8. The number of benzene rings is 1. The average Bonchev–Trinajstić information content (AvgIpc) is 3.04. The maximum absolute atomic E-state index is 12.2. The van der Waals surface area contributed by atoms with E-state index in [0.29, 0.717) is 28.1 Å². The molecule has 1 aromatic carbocycles. The van der Waals surface area contributed by atoms with Crippen molar-refractivity contribution in [3.63, 3.8) is 0 Å². The first kappa shape index (κ1) is 18.2. The van der Waals surface area contributed by atoms with Gasteiger partial charge in [-0.3, -0.25) is 9.78 Å². The first-order chi connectivity index (χ1) is 12.5.